The number of rotatable bonds is 4. The fourth-order valence-electron chi connectivity index (χ4n) is 0.674. The van der Waals surface area contributed by atoms with Crippen molar-refractivity contribution in [3.63, 3.8) is 0 Å². The molecule has 0 aromatic heterocycles. The van der Waals surface area contributed by atoms with Gasteiger partial charge in [0.2, 0.25) is 0 Å². The minimum absolute atomic E-state index is 0.736. The van der Waals surface area contributed by atoms with Crippen LogP contribution in [0.5, 0.6) is 0 Å². The third-order valence-electron chi connectivity index (χ3n) is 1.60. The Morgan fingerprint density at radius 2 is 1.21 bits per heavy atom. The van der Waals surface area contributed by atoms with Crippen LogP contribution < -0.4 is 0 Å². The molecule has 0 rings (SSSR count). The quantitative estimate of drug-likeness (QED) is 0.606. The molecule has 0 aliphatic carbocycles. The minimum Gasteiger partial charge on any atom is -0.234 e. The second kappa shape index (κ2) is 6.08. The zero-order chi connectivity index (χ0) is 11.1. The maximum atomic E-state index is 4.33. The molecule has 0 heterocycles. The van der Waals surface area contributed by atoms with E-state index in [9.17, 15) is 0 Å². The molecule has 0 N–H and O–H groups in total. The summed E-state index contributed by atoms with van der Waals surface area (Å²) in [7, 11) is 0. The predicted octanol–water partition coefficient (Wildman–Crippen LogP) is 3.53. The largest absolute Gasteiger partial charge is 0.234 e. The summed E-state index contributed by atoms with van der Waals surface area (Å²) in [6.07, 6.45) is 3.42. The van der Waals surface area contributed by atoms with Gasteiger partial charge in [-0.25, -0.2) is 9.98 Å². The molecule has 0 spiro atoms. The lowest BCUT2D eigenvalue weighted by Gasteiger charge is -2.00. The van der Waals surface area contributed by atoms with Gasteiger partial charge in [-0.15, -0.1) is 0 Å². The summed E-state index contributed by atoms with van der Waals surface area (Å²) in [5.74, 6) is 0.736. The highest BCUT2D eigenvalue weighted by Crippen LogP contribution is 2.08. The molecule has 0 unspecified atom stereocenters. The summed E-state index contributed by atoms with van der Waals surface area (Å²) >= 11 is 0. The van der Waals surface area contributed by atoms with Crippen molar-refractivity contribution in [2.45, 2.75) is 27.7 Å². The van der Waals surface area contributed by atoms with Crippen LogP contribution in [0.4, 0.5) is 0 Å². The molecular formula is C12H18N2. The number of aliphatic imine (C=N–C) groups is 2. The van der Waals surface area contributed by atoms with Crippen LogP contribution in [0.15, 0.2) is 46.7 Å². The Bertz CT molecular complexity index is 287. The van der Waals surface area contributed by atoms with Crippen LogP contribution in [-0.2, 0) is 0 Å². The van der Waals surface area contributed by atoms with Gasteiger partial charge in [-0.1, -0.05) is 13.2 Å². The lowest BCUT2D eigenvalue weighted by molar-refractivity contribution is 1.14. The van der Waals surface area contributed by atoms with Gasteiger partial charge in [0.25, 0.3) is 0 Å². The smallest absolute Gasteiger partial charge is 0.150 e. The molecule has 0 saturated heterocycles. The van der Waals surface area contributed by atoms with Crippen molar-refractivity contribution in [1.29, 1.82) is 0 Å². The van der Waals surface area contributed by atoms with Crippen molar-refractivity contribution >= 4 is 11.4 Å². The average molecular weight is 190 g/mol. The summed E-state index contributed by atoms with van der Waals surface area (Å²) < 4.78 is 0. The molecule has 0 aromatic rings. The predicted molar refractivity (Wildman–Crippen MR) is 65.0 cm³/mol. The van der Waals surface area contributed by atoms with E-state index in [1.165, 1.54) is 0 Å². The summed E-state index contributed by atoms with van der Waals surface area (Å²) in [5.41, 5.74) is 2.80. The first-order chi connectivity index (χ1) is 6.51. The third kappa shape index (κ3) is 4.55. The third-order valence-corrected chi connectivity index (χ3v) is 1.60. The fourth-order valence-corrected chi connectivity index (χ4v) is 0.674. The topological polar surface area (TPSA) is 24.7 Å². The molecule has 0 radical (unpaired) electrons. The Balaban J connectivity index is 5.12. The Morgan fingerprint density at radius 3 is 1.43 bits per heavy atom. The number of hydrogen-bond acceptors (Lipinski definition) is 2. The molecule has 0 amide bonds. The van der Waals surface area contributed by atoms with E-state index in [2.05, 4.69) is 23.1 Å². The average Bonchev–Trinajstić information content (AvgIpc) is 2.16. The van der Waals surface area contributed by atoms with Crippen molar-refractivity contribution in [2.24, 2.45) is 9.98 Å². The standard InChI is InChI=1S/C12H18N2/c1-7-10(5)13-12(9(3)4)14-11(6)8-2/h7-8H,1-2H2,3-6H3/b13-10-,14-11-. The van der Waals surface area contributed by atoms with Crippen LogP contribution in [-0.4, -0.2) is 11.4 Å². The van der Waals surface area contributed by atoms with Crippen LogP contribution in [0.2, 0.25) is 0 Å². The summed E-state index contributed by atoms with van der Waals surface area (Å²) in [6, 6.07) is 0. The lowest BCUT2D eigenvalue weighted by Crippen LogP contribution is -1.91. The number of allylic oxidation sites excluding steroid dienone is 3. The zero-order valence-electron chi connectivity index (χ0n) is 9.46. The molecule has 0 aliphatic rings. The van der Waals surface area contributed by atoms with Crippen LogP contribution in [0.25, 0.3) is 0 Å². The van der Waals surface area contributed by atoms with Gasteiger partial charge in [0.05, 0.1) is 0 Å². The first-order valence-electron chi connectivity index (χ1n) is 4.54. The van der Waals surface area contributed by atoms with E-state index in [0.717, 1.165) is 22.8 Å². The Kier molecular flexibility index (Phi) is 5.46. The van der Waals surface area contributed by atoms with Gasteiger partial charge in [-0.05, 0) is 45.4 Å². The van der Waals surface area contributed by atoms with Crippen LogP contribution in [0.1, 0.15) is 27.7 Å². The van der Waals surface area contributed by atoms with Crippen molar-refractivity contribution in [2.75, 3.05) is 0 Å². The molecular weight excluding hydrogens is 172 g/mol. The lowest BCUT2D eigenvalue weighted by atomic mass is 10.3. The highest BCUT2D eigenvalue weighted by atomic mass is 15.0. The van der Waals surface area contributed by atoms with E-state index in [0.29, 0.717) is 0 Å². The Hall–Kier alpha value is -1.44. The summed E-state index contributed by atoms with van der Waals surface area (Å²) in [5, 5.41) is 0. The van der Waals surface area contributed by atoms with E-state index in [1.54, 1.807) is 12.2 Å². The van der Waals surface area contributed by atoms with Crippen molar-refractivity contribution < 1.29 is 0 Å². The van der Waals surface area contributed by atoms with Gasteiger partial charge >= 0.3 is 0 Å². The number of nitrogens with zero attached hydrogens (tertiary/aromatic N) is 2. The summed E-state index contributed by atoms with van der Waals surface area (Å²) in [4.78, 5) is 8.65. The molecule has 0 aromatic carbocycles. The minimum atomic E-state index is 0.736. The van der Waals surface area contributed by atoms with Gasteiger partial charge in [0, 0.05) is 11.4 Å². The second-order valence-electron chi connectivity index (χ2n) is 3.24. The summed E-state index contributed by atoms with van der Waals surface area (Å²) in [6.45, 7) is 15.1. The van der Waals surface area contributed by atoms with Crippen molar-refractivity contribution in [3.8, 4) is 0 Å². The van der Waals surface area contributed by atoms with Gasteiger partial charge in [0.15, 0.2) is 5.82 Å². The Labute approximate surface area is 86.5 Å². The van der Waals surface area contributed by atoms with Crippen molar-refractivity contribution in [3.05, 3.63) is 36.7 Å². The molecule has 0 saturated carbocycles. The molecule has 0 aliphatic heterocycles. The molecule has 2 nitrogen and oxygen atoms in total. The SMILES string of the molecule is C=C/C(C)=N\C(/N=C(/C)C=C)=C(C)C. The van der Waals surface area contributed by atoms with Crippen LogP contribution >= 0.6 is 0 Å². The molecule has 2 heteroatoms. The molecule has 76 valence electrons. The van der Waals surface area contributed by atoms with E-state index in [4.69, 9.17) is 0 Å². The maximum Gasteiger partial charge on any atom is 0.150 e. The van der Waals surface area contributed by atoms with E-state index in [1.807, 2.05) is 27.7 Å². The number of hydrogen-bond donors (Lipinski definition) is 0. The van der Waals surface area contributed by atoms with Crippen LogP contribution in [0, 0.1) is 0 Å². The van der Waals surface area contributed by atoms with E-state index >= 15 is 0 Å². The maximum absolute atomic E-state index is 4.33. The fraction of sp³-hybridized carbons (Fsp3) is 0.333. The molecule has 14 heavy (non-hydrogen) atoms. The van der Waals surface area contributed by atoms with E-state index in [-0.39, 0.29) is 0 Å². The first-order valence-corrected chi connectivity index (χ1v) is 4.54. The molecule has 0 fully saturated rings. The highest BCUT2D eigenvalue weighted by Gasteiger charge is 1.95. The Morgan fingerprint density at radius 1 is 0.857 bits per heavy atom. The van der Waals surface area contributed by atoms with E-state index < -0.39 is 0 Å². The molecule has 0 bridgehead atoms. The second-order valence-corrected chi connectivity index (χ2v) is 3.24. The van der Waals surface area contributed by atoms with Crippen LogP contribution in [0.3, 0.4) is 0 Å². The van der Waals surface area contributed by atoms with Gasteiger partial charge < -0.3 is 0 Å². The monoisotopic (exact) mass is 190 g/mol. The first kappa shape index (κ1) is 12.6. The zero-order valence-corrected chi connectivity index (χ0v) is 9.46. The van der Waals surface area contributed by atoms with Gasteiger partial charge in [-0.3, -0.25) is 0 Å². The normalized spacial score (nSPS) is 12.3. The van der Waals surface area contributed by atoms with Gasteiger partial charge in [0.1, 0.15) is 0 Å². The molecule has 0 atom stereocenters. The highest BCUT2D eigenvalue weighted by molar-refractivity contribution is 5.95. The van der Waals surface area contributed by atoms with Gasteiger partial charge in [-0.2, -0.15) is 0 Å². The van der Waals surface area contributed by atoms with Crippen molar-refractivity contribution in [1.82, 2.24) is 0 Å².